The Morgan fingerprint density at radius 1 is 1.24 bits per heavy atom. The van der Waals surface area contributed by atoms with E-state index < -0.39 is 0 Å². The third-order valence-corrected chi connectivity index (χ3v) is 4.35. The van der Waals surface area contributed by atoms with Crippen molar-refractivity contribution in [3.8, 4) is 11.5 Å². The molecular weight excluding hydrogens is 288 g/mol. The molecule has 0 aromatic heterocycles. The number of benzene rings is 1. The molecule has 5 heteroatoms. The van der Waals surface area contributed by atoms with Crippen molar-refractivity contribution in [2.75, 3.05) is 31.7 Å². The molecule has 0 amide bonds. The van der Waals surface area contributed by atoms with E-state index in [9.17, 15) is 0 Å². The van der Waals surface area contributed by atoms with Crippen molar-refractivity contribution in [1.82, 2.24) is 4.90 Å². The fraction of sp³-hybridized carbons (Fsp3) is 0.625. The molecule has 0 aliphatic carbocycles. The van der Waals surface area contributed by atoms with Gasteiger partial charge in [0.15, 0.2) is 11.5 Å². The van der Waals surface area contributed by atoms with Gasteiger partial charge in [-0.1, -0.05) is 25.4 Å². The first-order valence-corrected chi connectivity index (χ1v) is 8.07. The summed E-state index contributed by atoms with van der Waals surface area (Å²) in [5, 5.41) is 4.26. The lowest BCUT2D eigenvalue weighted by atomic mass is 10.0. The van der Waals surface area contributed by atoms with Crippen LogP contribution in [0.25, 0.3) is 0 Å². The van der Waals surface area contributed by atoms with Crippen LogP contribution in [0.15, 0.2) is 12.1 Å². The van der Waals surface area contributed by atoms with Crippen LogP contribution >= 0.6 is 11.6 Å². The van der Waals surface area contributed by atoms with Crippen molar-refractivity contribution in [2.24, 2.45) is 5.92 Å². The van der Waals surface area contributed by atoms with Crippen LogP contribution in [-0.4, -0.2) is 37.4 Å². The lowest BCUT2D eigenvalue weighted by Gasteiger charge is -2.33. The summed E-state index contributed by atoms with van der Waals surface area (Å²) in [5.41, 5.74) is 0.947. The molecule has 0 unspecified atom stereocenters. The quantitative estimate of drug-likeness (QED) is 0.921. The normalized spacial score (nSPS) is 19.2. The van der Waals surface area contributed by atoms with E-state index in [1.54, 1.807) is 0 Å². The highest BCUT2D eigenvalue weighted by Gasteiger charge is 2.22. The predicted molar refractivity (Wildman–Crippen MR) is 85.5 cm³/mol. The highest BCUT2D eigenvalue weighted by molar-refractivity contribution is 6.33. The molecule has 0 spiro atoms. The Bertz CT molecular complexity index is 499. The Hall–Kier alpha value is -1.13. The van der Waals surface area contributed by atoms with Crippen LogP contribution in [0.1, 0.15) is 26.7 Å². The molecule has 1 saturated heterocycles. The highest BCUT2D eigenvalue weighted by Crippen LogP contribution is 2.39. The summed E-state index contributed by atoms with van der Waals surface area (Å²) in [6, 6.07) is 4.26. The zero-order valence-electron chi connectivity index (χ0n) is 12.7. The molecule has 1 N–H and O–H groups in total. The molecule has 1 fully saturated rings. The number of hydrogen-bond donors (Lipinski definition) is 1. The Labute approximate surface area is 131 Å². The fourth-order valence-corrected chi connectivity index (χ4v) is 3.23. The van der Waals surface area contributed by atoms with Gasteiger partial charge in [-0.05, 0) is 18.8 Å². The number of piperidine rings is 1. The molecule has 4 nitrogen and oxygen atoms in total. The number of ether oxygens (including phenoxy) is 2. The number of likely N-dealkylation sites (tertiary alicyclic amines) is 1. The molecule has 2 heterocycles. The molecule has 2 aliphatic heterocycles. The Kier molecular flexibility index (Phi) is 4.45. The molecule has 3 rings (SSSR count). The number of fused-ring (bicyclic) bond motifs is 1. The second-order valence-corrected chi connectivity index (χ2v) is 6.71. The fourth-order valence-electron chi connectivity index (χ4n) is 3.02. The van der Waals surface area contributed by atoms with Gasteiger partial charge in [0.05, 0.1) is 10.7 Å². The zero-order valence-corrected chi connectivity index (χ0v) is 13.4. The largest absolute Gasteiger partial charge is 0.454 e. The molecule has 0 atom stereocenters. The first-order valence-electron chi connectivity index (χ1n) is 7.70. The van der Waals surface area contributed by atoms with Gasteiger partial charge in [-0.25, -0.2) is 0 Å². The number of nitrogens with zero attached hydrogens (tertiary/aromatic N) is 1. The van der Waals surface area contributed by atoms with Crippen LogP contribution in [0.3, 0.4) is 0 Å². The maximum absolute atomic E-state index is 6.32. The topological polar surface area (TPSA) is 33.7 Å². The number of hydrogen-bond acceptors (Lipinski definition) is 4. The molecule has 116 valence electrons. The van der Waals surface area contributed by atoms with Crippen LogP contribution < -0.4 is 14.8 Å². The number of halogens is 1. The van der Waals surface area contributed by atoms with Gasteiger partial charge in [0.2, 0.25) is 6.79 Å². The van der Waals surface area contributed by atoms with Gasteiger partial charge < -0.3 is 19.7 Å². The van der Waals surface area contributed by atoms with Gasteiger partial charge in [-0.3, -0.25) is 0 Å². The minimum Gasteiger partial charge on any atom is -0.454 e. The van der Waals surface area contributed by atoms with E-state index >= 15 is 0 Å². The molecule has 0 radical (unpaired) electrons. The molecular formula is C16H23ClN2O2. The first-order chi connectivity index (χ1) is 10.1. The first kappa shape index (κ1) is 14.8. The van der Waals surface area contributed by atoms with E-state index in [4.69, 9.17) is 21.1 Å². The zero-order chi connectivity index (χ0) is 14.8. The van der Waals surface area contributed by atoms with Gasteiger partial charge in [-0.2, -0.15) is 0 Å². The van der Waals surface area contributed by atoms with E-state index in [1.165, 1.54) is 6.54 Å². The van der Waals surface area contributed by atoms with E-state index in [2.05, 4.69) is 24.1 Å². The van der Waals surface area contributed by atoms with Gasteiger partial charge in [0.1, 0.15) is 0 Å². The molecule has 0 bridgehead atoms. The maximum atomic E-state index is 6.32. The average molecular weight is 311 g/mol. The third-order valence-electron chi connectivity index (χ3n) is 4.03. The lowest BCUT2D eigenvalue weighted by molar-refractivity contribution is 0.174. The number of nitrogens with one attached hydrogen (secondary N) is 1. The summed E-state index contributed by atoms with van der Waals surface area (Å²) >= 11 is 6.32. The second-order valence-electron chi connectivity index (χ2n) is 6.30. The molecule has 1 aromatic rings. The summed E-state index contributed by atoms with van der Waals surface area (Å²) in [7, 11) is 0. The lowest BCUT2D eigenvalue weighted by Crippen LogP contribution is -2.40. The minimum atomic E-state index is 0.280. The second kappa shape index (κ2) is 6.32. The van der Waals surface area contributed by atoms with Gasteiger partial charge in [-0.15, -0.1) is 0 Å². The van der Waals surface area contributed by atoms with E-state index in [0.29, 0.717) is 11.1 Å². The average Bonchev–Trinajstić information content (AvgIpc) is 2.88. The van der Waals surface area contributed by atoms with Gasteiger partial charge >= 0.3 is 0 Å². The maximum Gasteiger partial charge on any atom is 0.231 e. The highest BCUT2D eigenvalue weighted by atomic mass is 35.5. The SMILES string of the molecule is CC(C)CN1CCC(Nc2cc3c(cc2Cl)OCO3)CC1. The van der Waals surface area contributed by atoms with E-state index in [1.807, 2.05) is 12.1 Å². The number of anilines is 1. The smallest absolute Gasteiger partial charge is 0.231 e. The van der Waals surface area contributed by atoms with Gasteiger partial charge in [0.25, 0.3) is 0 Å². The Balaban J connectivity index is 1.58. The van der Waals surface area contributed by atoms with Crippen molar-refractivity contribution in [1.29, 1.82) is 0 Å². The number of rotatable bonds is 4. The van der Waals surface area contributed by atoms with E-state index in [0.717, 1.165) is 49.0 Å². The Morgan fingerprint density at radius 2 is 1.90 bits per heavy atom. The summed E-state index contributed by atoms with van der Waals surface area (Å²) < 4.78 is 10.7. The van der Waals surface area contributed by atoms with Crippen LogP contribution in [0.5, 0.6) is 11.5 Å². The van der Waals surface area contributed by atoms with Crippen molar-refractivity contribution in [3.05, 3.63) is 17.2 Å². The molecule has 21 heavy (non-hydrogen) atoms. The van der Waals surface area contributed by atoms with Crippen LogP contribution in [0, 0.1) is 5.92 Å². The van der Waals surface area contributed by atoms with Crippen molar-refractivity contribution < 1.29 is 9.47 Å². The minimum absolute atomic E-state index is 0.280. The summed E-state index contributed by atoms with van der Waals surface area (Å²) in [5.74, 6) is 2.24. The predicted octanol–water partition coefficient (Wildman–Crippen LogP) is 3.60. The van der Waals surface area contributed by atoms with Crippen molar-refractivity contribution in [2.45, 2.75) is 32.7 Å². The van der Waals surface area contributed by atoms with Gasteiger partial charge in [0, 0.05) is 37.8 Å². The van der Waals surface area contributed by atoms with Crippen LogP contribution in [0.2, 0.25) is 5.02 Å². The molecule has 2 aliphatic rings. The standard InChI is InChI=1S/C16H23ClN2O2/c1-11(2)9-19-5-3-12(4-6-19)18-14-8-16-15(7-13(14)17)20-10-21-16/h7-8,11-12,18H,3-6,9-10H2,1-2H3. The Morgan fingerprint density at radius 3 is 2.57 bits per heavy atom. The van der Waals surface area contributed by atoms with Crippen LogP contribution in [-0.2, 0) is 0 Å². The van der Waals surface area contributed by atoms with E-state index in [-0.39, 0.29) is 6.79 Å². The van der Waals surface area contributed by atoms with Crippen LogP contribution in [0.4, 0.5) is 5.69 Å². The summed E-state index contributed by atoms with van der Waals surface area (Å²) in [6.45, 7) is 8.32. The third kappa shape index (κ3) is 3.55. The van der Waals surface area contributed by atoms with Crippen molar-refractivity contribution >= 4 is 17.3 Å². The molecule has 0 saturated carbocycles. The van der Waals surface area contributed by atoms with Crippen molar-refractivity contribution in [3.63, 3.8) is 0 Å². The molecule has 1 aromatic carbocycles. The summed E-state index contributed by atoms with van der Waals surface area (Å²) in [4.78, 5) is 2.55. The summed E-state index contributed by atoms with van der Waals surface area (Å²) in [6.07, 6.45) is 2.30. The monoisotopic (exact) mass is 310 g/mol.